The largest absolute Gasteiger partial charge is 0.309 e. The van der Waals surface area contributed by atoms with E-state index in [1.165, 1.54) is 9.75 Å². The molecule has 4 heterocycles. The van der Waals surface area contributed by atoms with Crippen molar-refractivity contribution in [1.29, 1.82) is 0 Å². The molecule has 122 valence electrons. The van der Waals surface area contributed by atoms with Gasteiger partial charge in [0.05, 0.1) is 11.9 Å². The van der Waals surface area contributed by atoms with E-state index in [1.807, 2.05) is 29.5 Å². The minimum Gasteiger partial charge on any atom is -0.309 e. The SMILES string of the molecule is Cc1ccc(CN2CC[C@@]3(CC(=O)N(c4cnn(C)c4)C3)C2)s1. The highest BCUT2D eigenvalue weighted by atomic mass is 32.1. The maximum Gasteiger partial charge on any atom is 0.227 e. The van der Waals surface area contributed by atoms with Crippen molar-refractivity contribution in [2.75, 3.05) is 24.5 Å². The van der Waals surface area contributed by atoms with Crippen molar-refractivity contribution in [3.05, 3.63) is 34.3 Å². The molecule has 0 N–H and O–H groups in total. The first-order valence-corrected chi connectivity index (χ1v) is 8.91. The highest BCUT2D eigenvalue weighted by Gasteiger charge is 2.47. The topological polar surface area (TPSA) is 41.4 Å². The third-order valence-electron chi connectivity index (χ3n) is 5.02. The van der Waals surface area contributed by atoms with Crippen LogP contribution in [0.15, 0.2) is 24.5 Å². The molecule has 2 fully saturated rings. The van der Waals surface area contributed by atoms with Crippen LogP contribution in [-0.4, -0.2) is 40.2 Å². The van der Waals surface area contributed by atoms with E-state index in [-0.39, 0.29) is 11.3 Å². The van der Waals surface area contributed by atoms with Gasteiger partial charge in [0.1, 0.15) is 0 Å². The second-order valence-electron chi connectivity index (χ2n) is 7.00. The quantitative estimate of drug-likeness (QED) is 0.868. The average molecular weight is 330 g/mol. The Kier molecular flexibility index (Phi) is 3.54. The third kappa shape index (κ3) is 2.81. The number of rotatable bonds is 3. The minimum atomic E-state index is 0.124. The summed E-state index contributed by atoms with van der Waals surface area (Å²) in [5.41, 5.74) is 1.06. The van der Waals surface area contributed by atoms with Crippen molar-refractivity contribution in [2.45, 2.75) is 26.3 Å². The van der Waals surface area contributed by atoms with Gasteiger partial charge in [-0.25, -0.2) is 0 Å². The molecule has 2 saturated heterocycles. The molecule has 0 bridgehead atoms. The van der Waals surface area contributed by atoms with E-state index in [0.717, 1.165) is 38.3 Å². The van der Waals surface area contributed by atoms with Crippen LogP contribution in [0.1, 0.15) is 22.6 Å². The van der Waals surface area contributed by atoms with Crippen molar-refractivity contribution in [3.63, 3.8) is 0 Å². The fourth-order valence-corrected chi connectivity index (χ4v) is 4.84. The van der Waals surface area contributed by atoms with Crippen molar-refractivity contribution >= 4 is 22.9 Å². The molecule has 1 atom stereocenters. The second-order valence-corrected chi connectivity index (χ2v) is 8.37. The predicted molar refractivity (Wildman–Crippen MR) is 91.6 cm³/mol. The molecule has 1 spiro atoms. The lowest BCUT2D eigenvalue weighted by Crippen LogP contribution is -2.31. The Hall–Kier alpha value is -1.66. The van der Waals surface area contributed by atoms with Gasteiger partial charge in [-0.1, -0.05) is 0 Å². The van der Waals surface area contributed by atoms with Gasteiger partial charge in [-0.2, -0.15) is 5.10 Å². The minimum absolute atomic E-state index is 0.124. The molecular formula is C17H22N4OS. The number of hydrogen-bond acceptors (Lipinski definition) is 4. The first kappa shape index (κ1) is 14.9. The number of aryl methyl sites for hydroxylation is 2. The normalized spacial score (nSPS) is 25.1. The zero-order chi connectivity index (χ0) is 16.0. The molecule has 1 amide bonds. The van der Waals surface area contributed by atoms with Crippen LogP contribution in [0.4, 0.5) is 5.69 Å². The van der Waals surface area contributed by atoms with Gasteiger partial charge in [-0.3, -0.25) is 14.4 Å². The molecule has 0 saturated carbocycles. The van der Waals surface area contributed by atoms with Gasteiger partial charge in [0, 0.05) is 54.5 Å². The fraction of sp³-hybridized carbons (Fsp3) is 0.529. The molecule has 0 unspecified atom stereocenters. The summed E-state index contributed by atoms with van der Waals surface area (Å²) < 4.78 is 1.76. The number of hydrogen-bond donors (Lipinski definition) is 0. The summed E-state index contributed by atoms with van der Waals surface area (Å²) in [4.78, 5) is 19.7. The van der Waals surface area contributed by atoms with Crippen LogP contribution in [0.3, 0.4) is 0 Å². The number of likely N-dealkylation sites (tertiary alicyclic amines) is 1. The molecule has 0 radical (unpaired) electrons. The number of nitrogens with zero attached hydrogens (tertiary/aromatic N) is 4. The van der Waals surface area contributed by atoms with Gasteiger partial charge >= 0.3 is 0 Å². The summed E-state index contributed by atoms with van der Waals surface area (Å²) in [6.07, 6.45) is 5.50. The molecule has 2 aromatic rings. The standard InChI is InChI=1S/C17H22N4OS/c1-13-3-4-15(23-13)10-20-6-5-17(11-20)7-16(22)21(12-17)14-8-18-19(2)9-14/h3-4,8-9H,5-7,10-12H2,1-2H3/t17-/m1/s1. The Balaban J connectivity index is 1.45. The summed E-state index contributed by atoms with van der Waals surface area (Å²) in [7, 11) is 1.89. The summed E-state index contributed by atoms with van der Waals surface area (Å²) in [6, 6.07) is 4.42. The first-order valence-electron chi connectivity index (χ1n) is 8.10. The van der Waals surface area contributed by atoms with Crippen molar-refractivity contribution in [2.24, 2.45) is 12.5 Å². The summed E-state index contributed by atoms with van der Waals surface area (Å²) in [5.74, 6) is 0.242. The molecule has 23 heavy (non-hydrogen) atoms. The molecule has 2 aliphatic rings. The van der Waals surface area contributed by atoms with Gasteiger partial charge in [0.15, 0.2) is 0 Å². The van der Waals surface area contributed by atoms with E-state index in [9.17, 15) is 4.79 Å². The monoisotopic (exact) mass is 330 g/mol. The summed E-state index contributed by atoms with van der Waals surface area (Å²) in [5, 5.41) is 4.20. The highest BCUT2D eigenvalue weighted by molar-refractivity contribution is 7.11. The molecule has 2 aromatic heterocycles. The van der Waals surface area contributed by atoms with Crippen LogP contribution < -0.4 is 4.90 Å². The van der Waals surface area contributed by atoms with E-state index in [2.05, 4.69) is 29.1 Å². The van der Waals surface area contributed by atoms with Gasteiger partial charge in [-0.05, 0) is 32.0 Å². The number of amides is 1. The average Bonchev–Trinajstić information content (AvgIpc) is 3.23. The molecule has 2 aliphatic heterocycles. The van der Waals surface area contributed by atoms with E-state index >= 15 is 0 Å². The van der Waals surface area contributed by atoms with E-state index in [0.29, 0.717) is 6.42 Å². The smallest absolute Gasteiger partial charge is 0.227 e. The third-order valence-corrected chi connectivity index (χ3v) is 6.00. The van der Waals surface area contributed by atoms with Crippen molar-refractivity contribution in [3.8, 4) is 0 Å². The zero-order valence-corrected chi connectivity index (χ0v) is 14.5. The Labute approximate surface area is 140 Å². The molecular weight excluding hydrogens is 308 g/mol. The number of thiophene rings is 1. The Morgan fingerprint density at radius 1 is 1.35 bits per heavy atom. The zero-order valence-electron chi connectivity index (χ0n) is 13.7. The Morgan fingerprint density at radius 2 is 2.22 bits per heavy atom. The van der Waals surface area contributed by atoms with Crippen LogP contribution in [-0.2, 0) is 18.4 Å². The second kappa shape index (κ2) is 5.46. The van der Waals surface area contributed by atoms with Crippen LogP contribution in [0.5, 0.6) is 0 Å². The van der Waals surface area contributed by atoms with Crippen LogP contribution >= 0.6 is 11.3 Å². The Morgan fingerprint density at radius 3 is 2.91 bits per heavy atom. The lowest BCUT2D eigenvalue weighted by Gasteiger charge is -2.23. The lowest BCUT2D eigenvalue weighted by atomic mass is 9.86. The number of carbonyl (C=O) groups is 1. The Bertz CT molecular complexity index is 737. The number of carbonyl (C=O) groups excluding carboxylic acids is 1. The van der Waals surface area contributed by atoms with E-state index in [1.54, 1.807) is 10.9 Å². The van der Waals surface area contributed by atoms with Crippen LogP contribution in [0.2, 0.25) is 0 Å². The van der Waals surface area contributed by atoms with Crippen LogP contribution in [0, 0.1) is 12.3 Å². The first-order chi connectivity index (χ1) is 11.0. The molecule has 6 heteroatoms. The summed E-state index contributed by atoms with van der Waals surface area (Å²) in [6.45, 7) is 6.11. The van der Waals surface area contributed by atoms with Gasteiger partial charge in [0.25, 0.3) is 0 Å². The maximum absolute atomic E-state index is 12.5. The maximum atomic E-state index is 12.5. The van der Waals surface area contributed by atoms with Gasteiger partial charge in [-0.15, -0.1) is 11.3 Å². The molecule has 5 nitrogen and oxygen atoms in total. The van der Waals surface area contributed by atoms with Crippen molar-refractivity contribution in [1.82, 2.24) is 14.7 Å². The lowest BCUT2D eigenvalue weighted by molar-refractivity contribution is -0.117. The number of aromatic nitrogens is 2. The molecule has 4 rings (SSSR count). The van der Waals surface area contributed by atoms with E-state index in [4.69, 9.17) is 0 Å². The molecule has 0 aliphatic carbocycles. The van der Waals surface area contributed by atoms with Crippen molar-refractivity contribution < 1.29 is 4.79 Å². The fourth-order valence-electron chi connectivity index (χ4n) is 3.91. The van der Waals surface area contributed by atoms with Gasteiger partial charge < -0.3 is 4.90 Å². The summed E-state index contributed by atoms with van der Waals surface area (Å²) >= 11 is 1.88. The predicted octanol–water partition coefficient (Wildman–Crippen LogP) is 2.42. The molecule has 0 aromatic carbocycles. The highest BCUT2D eigenvalue weighted by Crippen LogP contribution is 2.42. The van der Waals surface area contributed by atoms with Crippen LogP contribution in [0.25, 0.3) is 0 Å². The van der Waals surface area contributed by atoms with Gasteiger partial charge in [0.2, 0.25) is 5.91 Å². The van der Waals surface area contributed by atoms with E-state index < -0.39 is 0 Å². The number of anilines is 1.